The lowest BCUT2D eigenvalue weighted by Gasteiger charge is -2.13. The maximum absolute atomic E-state index is 12.7. The molecule has 2 aromatic heterocycles. The molecule has 0 fully saturated rings. The van der Waals surface area contributed by atoms with E-state index in [1.54, 1.807) is 25.1 Å². The molecule has 0 aliphatic heterocycles. The van der Waals surface area contributed by atoms with E-state index in [4.69, 9.17) is 4.42 Å². The van der Waals surface area contributed by atoms with Gasteiger partial charge in [0.25, 0.3) is 11.8 Å². The number of aromatic nitrogens is 1. The molecule has 1 aliphatic rings. The summed E-state index contributed by atoms with van der Waals surface area (Å²) in [5.74, 6) is -0.697. The number of rotatable bonds is 4. The smallest absolute Gasteiger partial charge is 0.305 e. The molecule has 3 N–H and O–H groups in total. The highest BCUT2D eigenvalue weighted by Crippen LogP contribution is 2.30. The van der Waals surface area contributed by atoms with Crippen LogP contribution >= 0.6 is 15.9 Å². The van der Waals surface area contributed by atoms with E-state index in [-0.39, 0.29) is 11.7 Å². The molecule has 2 heterocycles. The molecule has 1 aliphatic carbocycles. The Morgan fingerprint density at radius 3 is 2.48 bits per heavy atom. The Bertz CT molecular complexity index is 1250. The summed E-state index contributed by atoms with van der Waals surface area (Å²) in [6.45, 7) is 1.75. The molecule has 0 unspecified atom stereocenters. The third-order valence-electron chi connectivity index (χ3n) is 5.17. The number of hydrogen-bond acceptors (Lipinski definition) is 6. The minimum atomic E-state index is -0.582. The molecule has 9 nitrogen and oxygen atoms in total. The van der Waals surface area contributed by atoms with Gasteiger partial charge in [0, 0.05) is 40.0 Å². The Balaban J connectivity index is 1.49. The number of benzene rings is 1. The minimum absolute atomic E-state index is 0.0850. The van der Waals surface area contributed by atoms with Crippen molar-refractivity contribution >= 4 is 39.4 Å². The number of nitrogens with one attached hydrogen (secondary N) is 3. The average Bonchev–Trinajstić information content (AvgIpc) is 3.18. The maximum atomic E-state index is 12.7. The molecule has 1 aromatic carbocycles. The molecule has 0 saturated heterocycles. The van der Waals surface area contributed by atoms with Crippen LogP contribution in [-0.2, 0) is 6.42 Å². The van der Waals surface area contributed by atoms with Crippen LogP contribution in [0, 0.1) is 6.92 Å². The summed E-state index contributed by atoms with van der Waals surface area (Å²) >= 11 is 3.36. The first kappa shape index (κ1) is 22.4. The summed E-state index contributed by atoms with van der Waals surface area (Å²) in [4.78, 5) is 41.2. The molecule has 3 aromatic rings. The van der Waals surface area contributed by atoms with Gasteiger partial charge < -0.3 is 4.42 Å². The van der Waals surface area contributed by atoms with Crippen molar-refractivity contribution in [3.05, 3.63) is 87.0 Å². The number of carbonyl (C=O) groups is 3. The SMILES string of the molecule is Cc1c(C(=O)NNC(=O)c2ccncc2)oc2c1/C(=N/NC(=O)c1ccccc1Br)CCC2. The van der Waals surface area contributed by atoms with Gasteiger partial charge in [0.05, 0.1) is 11.3 Å². The van der Waals surface area contributed by atoms with E-state index in [9.17, 15) is 14.4 Å². The van der Waals surface area contributed by atoms with Crippen molar-refractivity contribution in [3.63, 3.8) is 0 Å². The summed E-state index contributed by atoms with van der Waals surface area (Å²) in [7, 11) is 0. The van der Waals surface area contributed by atoms with Gasteiger partial charge >= 0.3 is 5.91 Å². The molecule has 0 spiro atoms. The van der Waals surface area contributed by atoms with Crippen LogP contribution in [0.5, 0.6) is 0 Å². The lowest BCUT2D eigenvalue weighted by Crippen LogP contribution is -2.41. The van der Waals surface area contributed by atoms with E-state index >= 15 is 0 Å². The Kier molecular flexibility index (Phi) is 6.64. The highest BCUT2D eigenvalue weighted by molar-refractivity contribution is 9.10. The first-order valence-electron chi connectivity index (χ1n) is 10.2. The molecule has 0 bridgehead atoms. The number of fused-ring (bicyclic) bond motifs is 1. The quantitative estimate of drug-likeness (QED) is 0.465. The van der Waals surface area contributed by atoms with E-state index in [1.807, 2.05) is 6.07 Å². The lowest BCUT2D eigenvalue weighted by molar-refractivity contribution is 0.0829. The van der Waals surface area contributed by atoms with Crippen molar-refractivity contribution in [2.45, 2.75) is 26.2 Å². The molecule has 168 valence electrons. The zero-order chi connectivity index (χ0) is 23.4. The molecule has 0 radical (unpaired) electrons. The zero-order valence-corrected chi connectivity index (χ0v) is 19.2. The normalized spacial score (nSPS) is 13.8. The first-order valence-corrected chi connectivity index (χ1v) is 11.0. The Morgan fingerprint density at radius 1 is 1.00 bits per heavy atom. The van der Waals surface area contributed by atoms with Gasteiger partial charge in [-0.15, -0.1) is 0 Å². The van der Waals surface area contributed by atoms with Gasteiger partial charge in [0.2, 0.25) is 0 Å². The standard InChI is InChI=1S/C23H20BrN5O4/c1-13-19-17(26-28-22(31)15-5-2-3-6-16(15)24)7-4-8-18(19)33-20(13)23(32)29-27-21(30)14-9-11-25-12-10-14/h2-3,5-6,9-12H,4,7-8H2,1H3,(H,27,30)(H,28,31)(H,29,32)/b26-17+. The lowest BCUT2D eigenvalue weighted by atomic mass is 9.93. The van der Waals surface area contributed by atoms with Crippen LogP contribution in [0.1, 0.15) is 61.0 Å². The highest BCUT2D eigenvalue weighted by Gasteiger charge is 2.28. The van der Waals surface area contributed by atoms with Gasteiger partial charge in [-0.05, 0) is 60.0 Å². The Hall–Kier alpha value is -3.79. The van der Waals surface area contributed by atoms with E-state index in [0.29, 0.717) is 51.0 Å². The molecule has 33 heavy (non-hydrogen) atoms. The number of amides is 3. The molecule has 0 saturated carbocycles. The van der Waals surface area contributed by atoms with Crippen LogP contribution < -0.4 is 16.3 Å². The second-order valence-corrected chi connectivity index (χ2v) is 8.19. The van der Waals surface area contributed by atoms with Crippen molar-refractivity contribution in [3.8, 4) is 0 Å². The monoisotopic (exact) mass is 509 g/mol. The number of halogens is 1. The number of hydrazone groups is 1. The Labute approximate surface area is 197 Å². The van der Waals surface area contributed by atoms with Crippen molar-refractivity contribution in [2.24, 2.45) is 5.10 Å². The van der Waals surface area contributed by atoms with Gasteiger partial charge in [-0.3, -0.25) is 30.2 Å². The maximum Gasteiger partial charge on any atom is 0.305 e. The zero-order valence-electron chi connectivity index (χ0n) is 17.6. The molecular formula is C23H20BrN5O4. The van der Waals surface area contributed by atoms with Crippen LogP contribution in [0.15, 0.2) is 62.8 Å². The molecule has 3 amide bonds. The number of nitrogens with zero attached hydrogens (tertiary/aromatic N) is 2. The number of hydrogen-bond donors (Lipinski definition) is 3. The summed E-state index contributed by atoms with van der Waals surface area (Å²) in [5.41, 5.74) is 10.1. The van der Waals surface area contributed by atoms with Crippen molar-refractivity contribution in [2.75, 3.05) is 0 Å². The summed E-state index contributed by atoms with van der Waals surface area (Å²) < 4.78 is 6.47. The van der Waals surface area contributed by atoms with E-state index in [2.05, 4.69) is 42.3 Å². The van der Waals surface area contributed by atoms with Crippen molar-refractivity contribution in [1.29, 1.82) is 0 Å². The number of pyridine rings is 1. The number of carbonyl (C=O) groups excluding carboxylic acids is 3. The topological polar surface area (TPSA) is 126 Å². The van der Waals surface area contributed by atoms with E-state index < -0.39 is 11.8 Å². The molecular weight excluding hydrogens is 490 g/mol. The van der Waals surface area contributed by atoms with Crippen LogP contribution in [0.4, 0.5) is 0 Å². The summed E-state index contributed by atoms with van der Waals surface area (Å²) in [6, 6.07) is 10.1. The fraction of sp³-hybridized carbons (Fsp3) is 0.174. The van der Waals surface area contributed by atoms with Gasteiger partial charge in [-0.1, -0.05) is 12.1 Å². The summed E-state index contributed by atoms with van der Waals surface area (Å²) in [6.07, 6.45) is 5.01. The van der Waals surface area contributed by atoms with Crippen molar-refractivity contribution in [1.82, 2.24) is 21.3 Å². The molecule has 4 rings (SSSR count). The third kappa shape index (κ3) is 4.85. The third-order valence-corrected chi connectivity index (χ3v) is 5.87. The van der Waals surface area contributed by atoms with Gasteiger partial charge in [0.1, 0.15) is 5.76 Å². The Morgan fingerprint density at radius 2 is 1.73 bits per heavy atom. The number of aryl methyl sites for hydroxylation is 1. The van der Waals surface area contributed by atoms with Crippen LogP contribution in [0.25, 0.3) is 0 Å². The predicted octanol–water partition coefficient (Wildman–Crippen LogP) is 3.29. The van der Waals surface area contributed by atoms with Crippen LogP contribution in [-0.4, -0.2) is 28.4 Å². The number of furan rings is 1. The fourth-order valence-corrected chi connectivity index (χ4v) is 4.03. The largest absolute Gasteiger partial charge is 0.455 e. The van der Waals surface area contributed by atoms with Crippen molar-refractivity contribution < 1.29 is 18.8 Å². The predicted molar refractivity (Wildman–Crippen MR) is 124 cm³/mol. The second-order valence-electron chi connectivity index (χ2n) is 7.33. The van der Waals surface area contributed by atoms with E-state index in [1.165, 1.54) is 24.5 Å². The first-order chi connectivity index (χ1) is 16.0. The highest BCUT2D eigenvalue weighted by atomic mass is 79.9. The fourth-order valence-electron chi connectivity index (χ4n) is 3.57. The van der Waals surface area contributed by atoms with Gasteiger partial charge in [0.15, 0.2) is 5.76 Å². The number of hydrazine groups is 1. The van der Waals surface area contributed by atoms with E-state index in [0.717, 1.165) is 6.42 Å². The van der Waals surface area contributed by atoms with Crippen LogP contribution in [0.2, 0.25) is 0 Å². The summed E-state index contributed by atoms with van der Waals surface area (Å²) in [5, 5.41) is 4.32. The van der Waals surface area contributed by atoms with Crippen LogP contribution in [0.3, 0.4) is 0 Å². The van der Waals surface area contributed by atoms with Gasteiger partial charge in [-0.2, -0.15) is 5.10 Å². The van der Waals surface area contributed by atoms with Gasteiger partial charge in [-0.25, -0.2) is 5.43 Å². The second kappa shape index (κ2) is 9.78. The molecule has 0 atom stereocenters. The average molecular weight is 510 g/mol. The molecule has 10 heteroatoms. The minimum Gasteiger partial charge on any atom is -0.455 e.